The molecule has 27 heavy (non-hydrogen) atoms. The molecule has 2 N–H and O–H groups in total. The molecule has 2 aliphatic rings. The summed E-state index contributed by atoms with van der Waals surface area (Å²) < 4.78 is 43.4. The van der Waals surface area contributed by atoms with Crippen molar-refractivity contribution in [1.29, 1.82) is 0 Å². The maximum Gasteiger partial charge on any atom is 0.419 e. The van der Waals surface area contributed by atoms with Gasteiger partial charge in [-0.3, -0.25) is 4.79 Å². The number of carbonyl (C=O) groups excluding carboxylic acids is 1. The average molecular weight is 387 g/mol. The molecule has 2 saturated heterocycles. The van der Waals surface area contributed by atoms with Crippen LogP contribution in [0.4, 0.5) is 19.1 Å². The van der Waals surface area contributed by atoms with Gasteiger partial charge in [-0.2, -0.15) is 13.2 Å². The van der Waals surface area contributed by atoms with E-state index in [1.807, 2.05) is 16.7 Å². The van der Waals surface area contributed by atoms with Crippen LogP contribution in [0.1, 0.15) is 31.7 Å². The Labute approximate surface area is 155 Å². The molecule has 0 spiro atoms. The lowest BCUT2D eigenvalue weighted by atomic mass is 10.0. The van der Waals surface area contributed by atoms with Crippen molar-refractivity contribution in [1.82, 2.24) is 14.9 Å². The number of nitrogens with two attached hydrogens (primary N) is 1. The fourth-order valence-corrected chi connectivity index (χ4v) is 3.47. The zero-order valence-electron chi connectivity index (χ0n) is 15.2. The van der Waals surface area contributed by atoms with Crippen LogP contribution in [0.15, 0.2) is 12.4 Å². The van der Waals surface area contributed by atoms with Crippen LogP contribution in [-0.4, -0.2) is 65.2 Å². The fourth-order valence-electron chi connectivity index (χ4n) is 3.47. The van der Waals surface area contributed by atoms with Gasteiger partial charge in [0.15, 0.2) is 0 Å². The molecule has 0 bridgehead atoms. The van der Waals surface area contributed by atoms with Crippen LogP contribution < -0.4 is 10.6 Å². The van der Waals surface area contributed by atoms with Crippen molar-refractivity contribution >= 4 is 11.9 Å². The van der Waals surface area contributed by atoms with Gasteiger partial charge in [-0.1, -0.05) is 0 Å². The van der Waals surface area contributed by atoms with Crippen LogP contribution in [0.5, 0.6) is 0 Å². The maximum atomic E-state index is 12.6. The highest BCUT2D eigenvalue weighted by Crippen LogP contribution is 2.29. The first-order valence-electron chi connectivity index (χ1n) is 9.07. The quantitative estimate of drug-likeness (QED) is 0.823. The number of likely N-dealkylation sites (tertiary alicyclic amines) is 1. The van der Waals surface area contributed by atoms with Crippen molar-refractivity contribution < 1.29 is 22.7 Å². The third kappa shape index (κ3) is 4.67. The number of alkyl halides is 3. The molecule has 2 atom stereocenters. The SMILES string of the molecule is CC(N)COC1CCN(C2CCN(c3ncc(C(F)(F)F)cn3)CC2)C1=O. The molecule has 1 amide bonds. The van der Waals surface area contributed by atoms with Crippen molar-refractivity contribution in [3.63, 3.8) is 0 Å². The van der Waals surface area contributed by atoms with Crippen molar-refractivity contribution in [3.05, 3.63) is 18.0 Å². The van der Waals surface area contributed by atoms with Crippen LogP contribution in [0.3, 0.4) is 0 Å². The first-order chi connectivity index (χ1) is 12.8. The maximum absolute atomic E-state index is 12.6. The van der Waals surface area contributed by atoms with Gasteiger partial charge in [-0.15, -0.1) is 0 Å². The Morgan fingerprint density at radius 3 is 2.41 bits per heavy atom. The Kier molecular flexibility index (Phi) is 5.85. The van der Waals surface area contributed by atoms with E-state index in [1.54, 1.807) is 0 Å². The summed E-state index contributed by atoms with van der Waals surface area (Å²) in [7, 11) is 0. The third-order valence-corrected chi connectivity index (χ3v) is 4.90. The van der Waals surface area contributed by atoms with Crippen LogP contribution >= 0.6 is 0 Å². The molecule has 1 aromatic rings. The van der Waals surface area contributed by atoms with E-state index < -0.39 is 17.8 Å². The van der Waals surface area contributed by atoms with Gasteiger partial charge in [-0.25, -0.2) is 9.97 Å². The highest BCUT2D eigenvalue weighted by Gasteiger charge is 2.38. The minimum atomic E-state index is -4.44. The molecule has 0 aliphatic carbocycles. The number of hydrogen-bond acceptors (Lipinski definition) is 6. The van der Waals surface area contributed by atoms with Gasteiger partial charge < -0.3 is 20.3 Å². The van der Waals surface area contributed by atoms with Crippen LogP contribution in [-0.2, 0) is 15.7 Å². The summed E-state index contributed by atoms with van der Waals surface area (Å²) >= 11 is 0. The Morgan fingerprint density at radius 1 is 1.22 bits per heavy atom. The van der Waals surface area contributed by atoms with Gasteiger partial charge >= 0.3 is 6.18 Å². The average Bonchev–Trinajstić information content (AvgIpc) is 3.00. The number of piperidine rings is 1. The van der Waals surface area contributed by atoms with E-state index in [0.717, 1.165) is 25.2 Å². The molecule has 0 saturated carbocycles. The highest BCUT2D eigenvalue weighted by molar-refractivity contribution is 5.83. The van der Waals surface area contributed by atoms with E-state index >= 15 is 0 Å². The van der Waals surface area contributed by atoms with Crippen LogP contribution in [0.2, 0.25) is 0 Å². The van der Waals surface area contributed by atoms with E-state index in [0.29, 0.717) is 32.7 Å². The van der Waals surface area contributed by atoms with Gasteiger partial charge in [0.05, 0.1) is 12.2 Å². The van der Waals surface area contributed by atoms with Gasteiger partial charge in [0.25, 0.3) is 5.91 Å². The lowest BCUT2D eigenvalue weighted by molar-refractivity contribution is -0.139. The zero-order valence-corrected chi connectivity index (χ0v) is 15.2. The first kappa shape index (κ1) is 19.8. The summed E-state index contributed by atoms with van der Waals surface area (Å²) in [6.45, 7) is 4.02. The Morgan fingerprint density at radius 2 is 1.85 bits per heavy atom. The van der Waals surface area contributed by atoms with E-state index in [2.05, 4.69) is 9.97 Å². The van der Waals surface area contributed by atoms with Gasteiger partial charge in [0.2, 0.25) is 5.95 Å². The van der Waals surface area contributed by atoms with Crippen molar-refractivity contribution in [3.8, 4) is 0 Å². The lowest BCUT2D eigenvalue weighted by Gasteiger charge is -2.36. The second kappa shape index (κ2) is 7.97. The third-order valence-electron chi connectivity index (χ3n) is 4.90. The number of carbonyl (C=O) groups is 1. The van der Waals surface area contributed by atoms with E-state index in [1.165, 1.54) is 0 Å². The Hall–Kier alpha value is -1.94. The number of rotatable bonds is 5. The second-order valence-electron chi connectivity index (χ2n) is 7.11. The number of anilines is 1. The summed E-state index contributed by atoms with van der Waals surface area (Å²) in [6.07, 6.45) is -1.16. The highest BCUT2D eigenvalue weighted by atomic mass is 19.4. The molecule has 0 aromatic carbocycles. The molecular formula is C17H24F3N5O2. The lowest BCUT2D eigenvalue weighted by Crippen LogP contribution is -2.47. The molecule has 3 heterocycles. The molecule has 3 rings (SSSR count). The minimum Gasteiger partial charge on any atom is -0.367 e. The summed E-state index contributed by atoms with van der Waals surface area (Å²) in [6, 6.07) is -0.00841. The number of ether oxygens (including phenoxy) is 1. The largest absolute Gasteiger partial charge is 0.419 e. The number of hydrogen-bond donors (Lipinski definition) is 1. The van der Waals surface area contributed by atoms with Crippen molar-refractivity contribution in [2.24, 2.45) is 5.73 Å². The van der Waals surface area contributed by atoms with E-state index in [-0.39, 0.29) is 23.9 Å². The molecule has 7 nitrogen and oxygen atoms in total. The summed E-state index contributed by atoms with van der Waals surface area (Å²) in [5, 5.41) is 0. The fraction of sp³-hybridized carbons (Fsp3) is 0.706. The summed E-state index contributed by atoms with van der Waals surface area (Å²) in [5.74, 6) is 0.284. The van der Waals surface area contributed by atoms with Gasteiger partial charge in [0, 0.05) is 50.5 Å². The standard InChI is InChI=1S/C17H24F3N5O2/c1-11(21)10-27-14-4-7-25(15(14)26)13-2-5-24(6-3-13)16-22-8-12(9-23-16)17(18,19)20/h8-9,11,13-14H,2-7,10,21H2,1H3. The number of nitrogens with zero attached hydrogens (tertiary/aromatic N) is 4. The summed E-state index contributed by atoms with van der Waals surface area (Å²) in [4.78, 5) is 23.9. The van der Waals surface area contributed by atoms with E-state index in [4.69, 9.17) is 10.5 Å². The molecule has 0 radical (unpaired) electrons. The molecule has 2 unspecified atom stereocenters. The number of amides is 1. The topological polar surface area (TPSA) is 84.6 Å². The molecular weight excluding hydrogens is 363 g/mol. The predicted octanol–water partition coefficient (Wildman–Crippen LogP) is 1.43. The van der Waals surface area contributed by atoms with Gasteiger partial charge in [-0.05, 0) is 19.8 Å². The predicted molar refractivity (Wildman–Crippen MR) is 92.0 cm³/mol. The Balaban J connectivity index is 1.52. The van der Waals surface area contributed by atoms with E-state index in [9.17, 15) is 18.0 Å². The van der Waals surface area contributed by atoms with Gasteiger partial charge in [0.1, 0.15) is 6.10 Å². The van der Waals surface area contributed by atoms with Crippen molar-refractivity contribution in [2.45, 2.75) is 50.6 Å². The second-order valence-corrected chi connectivity index (χ2v) is 7.11. The molecule has 2 fully saturated rings. The minimum absolute atomic E-state index is 0.000111. The molecule has 10 heteroatoms. The number of aromatic nitrogens is 2. The normalized spacial score (nSPS) is 23.1. The zero-order chi connectivity index (χ0) is 19.6. The monoisotopic (exact) mass is 387 g/mol. The molecule has 1 aromatic heterocycles. The van der Waals surface area contributed by atoms with Crippen molar-refractivity contribution in [2.75, 3.05) is 31.1 Å². The number of halogens is 3. The van der Waals surface area contributed by atoms with Crippen LogP contribution in [0, 0.1) is 0 Å². The first-order valence-corrected chi connectivity index (χ1v) is 9.07. The molecule has 150 valence electrons. The molecule has 2 aliphatic heterocycles. The smallest absolute Gasteiger partial charge is 0.367 e. The Bertz CT molecular complexity index is 645. The van der Waals surface area contributed by atoms with Crippen LogP contribution in [0.25, 0.3) is 0 Å². The summed E-state index contributed by atoms with van der Waals surface area (Å²) in [5.41, 5.74) is 4.81.